The largest absolute Gasteiger partial charge is 0.295 e. The molecule has 2 aromatic carbocycles. The van der Waals surface area contributed by atoms with Gasteiger partial charge in [-0.1, -0.05) is 73.3 Å². The van der Waals surface area contributed by atoms with Gasteiger partial charge in [0.1, 0.15) is 6.04 Å². The highest BCUT2D eigenvalue weighted by Crippen LogP contribution is 2.17. The van der Waals surface area contributed by atoms with E-state index in [1.165, 1.54) is 5.39 Å². The van der Waals surface area contributed by atoms with Crippen LogP contribution in [0.2, 0.25) is 0 Å². The van der Waals surface area contributed by atoms with E-state index in [9.17, 15) is 9.70 Å². The maximum Gasteiger partial charge on any atom is 0.158 e. The van der Waals surface area contributed by atoms with Crippen molar-refractivity contribution in [1.29, 1.82) is 0 Å². The second-order valence-electron chi connectivity index (χ2n) is 5.57. The first-order chi connectivity index (χ1) is 11.1. The van der Waals surface area contributed by atoms with E-state index >= 15 is 0 Å². The summed E-state index contributed by atoms with van der Waals surface area (Å²) < 4.78 is 0. The number of hydrogen-bond acceptors (Lipinski definition) is 3. The third-order valence-corrected chi connectivity index (χ3v) is 3.83. The molecule has 0 heterocycles. The van der Waals surface area contributed by atoms with Crippen molar-refractivity contribution in [2.75, 3.05) is 0 Å². The summed E-state index contributed by atoms with van der Waals surface area (Å²) in [5.74, 6) is 0.0554. The number of carbonyl (C=O) groups is 1. The molecule has 0 spiro atoms. The zero-order valence-corrected chi connectivity index (χ0v) is 13.4. The van der Waals surface area contributed by atoms with E-state index in [-0.39, 0.29) is 5.78 Å². The fraction of sp³-hybridized carbons (Fsp3) is 0.250. The number of nitroso groups, excluding NO2 is 1. The van der Waals surface area contributed by atoms with Gasteiger partial charge in [-0.25, -0.2) is 0 Å². The van der Waals surface area contributed by atoms with Crippen LogP contribution < -0.4 is 0 Å². The molecule has 23 heavy (non-hydrogen) atoms. The van der Waals surface area contributed by atoms with E-state index in [1.54, 1.807) is 6.08 Å². The summed E-state index contributed by atoms with van der Waals surface area (Å²) >= 11 is 0. The molecule has 0 fully saturated rings. The van der Waals surface area contributed by atoms with E-state index in [4.69, 9.17) is 0 Å². The van der Waals surface area contributed by atoms with Crippen LogP contribution in [0.4, 0.5) is 0 Å². The Morgan fingerprint density at radius 2 is 1.96 bits per heavy atom. The minimum atomic E-state index is -0.430. The molecule has 3 heteroatoms. The molecule has 0 saturated heterocycles. The Hall–Kier alpha value is -2.55. The standard InChI is InChI=1S/C20H21NO2/c1-3-20(22)15(2)7-6-10-19(21-23)14-16-11-12-17-8-4-5-9-18(17)13-16/h4-6,8-13,19H,2-3,7,14H2,1H3/b10-6+. The predicted molar refractivity (Wildman–Crippen MR) is 95.4 cm³/mol. The molecular weight excluding hydrogens is 286 g/mol. The average molecular weight is 307 g/mol. The third-order valence-electron chi connectivity index (χ3n) is 3.83. The van der Waals surface area contributed by atoms with Crippen molar-refractivity contribution in [3.8, 4) is 0 Å². The fourth-order valence-corrected chi connectivity index (χ4v) is 2.48. The van der Waals surface area contributed by atoms with Gasteiger partial charge in [-0.05, 0) is 28.3 Å². The zero-order valence-electron chi connectivity index (χ0n) is 13.4. The van der Waals surface area contributed by atoms with Crippen LogP contribution in [0.15, 0.2) is 71.9 Å². The second-order valence-corrected chi connectivity index (χ2v) is 5.57. The van der Waals surface area contributed by atoms with Gasteiger partial charge in [-0.15, -0.1) is 0 Å². The molecule has 0 N–H and O–H groups in total. The molecule has 0 aliphatic rings. The van der Waals surface area contributed by atoms with Crippen LogP contribution >= 0.6 is 0 Å². The number of carbonyl (C=O) groups excluding carboxylic acids is 1. The first kappa shape index (κ1) is 16.8. The van der Waals surface area contributed by atoms with Crippen molar-refractivity contribution in [3.05, 3.63) is 77.2 Å². The van der Waals surface area contributed by atoms with Gasteiger partial charge in [0, 0.05) is 12.8 Å². The van der Waals surface area contributed by atoms with E-state index in [0.29, 0.717) is 24.8 Å². The van der Waals surface area contributed by atoms with E-state index in [2.05, 4.69) is 36.0 Å². The summed E-state index contributed by atoms with van der Waals surface area (Å²) in [6.45, 7) is 5.57. The number of fused-ring (bicyclic) bond motifs is 1. The van der Waals surface area contributed by atoms with Crippen molar-refractivity contribution < 1.29 is 4.79 Å². The summed E-state index contributed by atoms with van der Waals surface area (Å²) in [6.07, 6.45) is 5.05. The topological polar surface area (TPSA) is 46.5 Å². The van der Waals surface area contributed by atoms with Gasteiger partial charge < -0.3 is 0 Å². The average Bonchev–Trinajstić information content (AvgIpc) is 2.59. The van der Waals surface area contributed by atoms with Gasteiger partial charge in [0.25, 0.3) is 0 Å². The highest BCUT2D eigenvalue weighted by molar-refractivity contribution is 5.94. The number of hydrogen-bond donors (Lipinski definition) is 0. The lowest BCUT2D eigenvalue weighted by Crippen LogP contribution is -2.04. The lowest BCUT2D eigenvalue weighted by Gasteiger charge is -2.06. The molecule has 1 atom stereocenters. The van der Waals surface area contributed by atoms with E-state index in [1.807, 2.05) is 31.2 Å². The lowest BCUT2D eigenvalue weighted by molar-refractivity contribution is -0.115. The molecule has 3 nitrogen and oxygen atoms in total. The minimum absolute atomic E-state index is 0.0554. The fourth-order valence-electron chi connectivity index (χ4n) is 2.48. The maximum atomic E-state index is 11.5. The number of nitrogens with zero attached hydrogens (tertiary/aromatic N) is 1. The molecule has 0 radical (unpaired) electrons. The smallest absolute Gasteiger partial charge is 0.158 e. The Morgan fingerprint density at radius 1 is 1.22 bits per heavy atom. The van der Waals surface area contributed by atoms with Crippen LogP contribution in [-0.4, -0.2) is 11.8 Å². The highest BCUT2D eigenvalue weighted by atomic mass is 16.3. The molecule has 0 amide bonds. The monoisotopic (exact) mass is 307 g/mol. The molecule has 1 unspecified atom stereocenters. The molecule has 0 saturated carbocycles. The Morgan fingerprint density at radius 3 is 2.65 bits per heavy atom. The molecule has 0 bridgehead atoms. The predicted octanol–water partition coefficient (Wildman–Crippen LogP) is 5.00. The summed E-state index contributed by atoms with van der Waals surface area (Å²) in [5.41, 5.74) is 1.64. The third kappa shape index (κ3) is 4.71. The minimum Gasteiger partial charge on any atom is -0.295 e. The summed E-state index contributed by atoms with van der Waals surface area (Å²) in [4.78, 5) is 22.5. The first-order valence-electron chi connectivity index (χ1n) is 7.81. The molecule has 2 aromatic rings. The Balaban J connectivity index is 2.01. The summed E-state index contributed by atoms with van der Waals surface area (Å²) in [6, 6.07) is 13.8. The number of ketones is 1. The molecule has 0 aliphatic carbocycles. The van der Waals surface area contributed by atoms with Gasteiger partial charge in [-0.3, -0.25) is 4.79 Å². The number of allylic oxidation sites excluding steroid dienone is 2. The normalized spacial score (nSPS) is 12.4. The molecule has 0 aliphatic heterocycles. The Labute approximate surface area is 136 Å². The molecule has 0 aromatic heterocycles. The SMILES string of the molecule is C=C(C/C=C/C(Cc1ccc2ccccc2c1)N=O)C(=O)CC. The zero-order chi connectivity index (χ0) is 16.7. The summed E-state index contributed by atoms with van der Waals surface area (Å²) in [7, 11) is 0. The van der Waals surface area contributed by atoms with Gasteiger partial charge >= 0.3 is 0 Å². The van der Waals surface area contributed by atoms with Crippen molar-refractivity contribution >= 4 is 16.6 Å². The highest BCUT2D eigenvalue weighted by Gasteiger charge is 2.07. The maximum absolute atomic E-state index is 11.5. The van der Waals surface area contributed by atoms with Crippen LogP contribution in [0.3, 0.4) is 0 Å². The van der Waals surface area contributed by atoms with Crippen molar-refractivity contribution in [3.63, 3.8) is 0 Å². The van der Waals surface area contributed by atoms with Crippen LogP contribution in [0, 0.1) is 4.91 Å². The van der Waals surface area contributed by atoms with Crippen molar-refractivity contribution in [2.45, 2.75) is 32.2 Å². The number of Topliss-reactive ketones (excluding diaryl/α,β-unsaturated/α-hetero) is 1. The van der Waals surface area contributed by atoms with Gasteiger partial charge in [0.2, 0.25) is 0 Å². The van der Waals surface area contributed by atoms with Crippen molar-refractivity contribution in [2.24, 2.45) is 5.18 Å². The van der Waals surface area contributed by atoms with Crippen molar-refractivity contribution in [1.82, 2.24) is 0 Å². The Kier molecular flexibility index (Phi) is 5.98. The number of rotatable bonds is 8. The van der Waals surface area contributed by atoms with Gasteiger partial charge in [0.15, 0.2) is 5.78 Å². The van der Waals surface area contributed by atoms with E-state index < -0.39 is 6.04 Å². The first-order valence-corrected chi connectivity index (χ1v) is 7.81. The van der Waals surface area contributed by atoms with Crippen LogP contribution in [0.1, 0.15) is 25.3 Å². The van der Waals surface area contributed by atoms with Crippen LogP contribution in [-0.2, 0) is 11.2 Å². The van der Waals surface area contributed by atoms with Crippen LogP contribution in [0.5, 0.6) is 0 Å². The second kappa shape index (κ2) is 8.18. The molecular formula is C20H21NO2. The Bertz CT molecular complexity index is 746. The summed E-state index contributed by atoms with van der Waals surface area (Å²) in [5, 5.41) is 5.50. The number of benzene rings is 2. The quantitative estimate of drug-likeness (QED) is 0.391. The molecule has 2 rings (SSSR count). The lowest BCUT2D eigenvalue weighted by atomic mass is 10.0. The van der Waals surface area contributed by atoms with Gasteiger partial charge in [0.05, 0.1) is 0 Å². The van der Waals surface area contributed by atoms with Crippen LogP contribution in [0.25, 0.3) is 10.8 Å². The van der Waals surface area contributed by atoms with Gasteiger partial charge in [-0.2, -0.15) is 4.91 Å². The van der Waals surface area contributed by atoms with E-state index in [0.717, 1.165) is 10.9 Å². The molecule has 118 valence electrons.